The summed E-state index contributed by atoms with van der Waals surface area (Å²) in [6.07, 6.45) is -6.12. The van der Waals surface area contributed by atoms with Crippen LogP contribution in [0.3, 0.4) is 0 Å². The Bertz CT molecular complexity index is 1130. The van der Waals surface area contributed by atoms with Crippen LogP contribution in [0.5, 0.6) is 5.75 Å². The number of aliphatic hydroxyl groups is 2. The van der Waals surface area contributed by atoms with Crippen molar-refractivity contribution in [1.29, 1.82) is 0 Å². The number of amides is 1. The summed E-state index contributed by atoms with van der Waals surface area (Å²) >= 11 is 0. The number of rotatable bonds is 6. The molecule has 0 radical (unpaired) electrons. The van der Waals surface area contributed by atoms with Crippen molar-refractivity contribution in [3.63, 3.8) is 0 Å². The highest BCUT2D eigenvalue weighted by atomic mass is 32.3. The van der Waals surface area contributed by atoms with Crippen LogP contribution < -0.4 is 15.7 Å². The average molecular weight is 459 g/mol. The second-order valence-electron chi connectivity index (χ2n) is 6.99. The van der Waals surface area contributed by atoms with E-state index in [4.69, 9.17) is 18.4 Å². The SMILES string of the molecule is CC(=O)N[C@H]1[C@@H](Oc2ccc3c(C)cc(=O)oc3c2)O[C@H](COS(=O)(=O)O)[C@@H](O)[C@@H]1O. The van der Waals surface area contributed by atoms with Gasteiger partial charge in [0, 0.05) is 24.4 Å². The van der Waals surface area contributed by atoms with Crippen LogP contribution in [0.15, 0.2) is 33.5 Å². The highest BCUT2D eigenvalue weighted by Crippen LogP contribution is 2.27. The van der Waals surface area contributed by atoms with E-state index in [2.05, 4.69) is 9.50 Å². The molecule has 170 valence electrons. The first-order chi connectivity index (χ1) is 14.4. The molecule has 4 N–H and O–H groups in total. The third-order valence-electron chi connectivity index (χ3n) is 4.63. The number of benzene rings is 1. The summed E-state index contributed by atoms with van der Waals surface area (Å²) < 4.78 is 51.0. The first-order valence-corrected chi connectivity index (χ1v) is 10.4. The van der Waals surface area contributed by atoms with E-state index in [0.29, 0.717) is 10.9 Å². The molecule has 1 aliphatic heterocycles. The number of hydrogen-bond acceptors (Lipinski definition) is 10. The molecule has 0 saturated carbocycles. The maximum absolute atomic E-state index is 11.6. The third kappa shape index (κ3) is 5.58. The van der Waals surface area contributed by atoms with Gasteiger partial charge in [-0.3, -0.25) is 9.35 Å². The summed E-state index contributed by atoms with van der Waals surface area (Å²) in [5.41, 5.74) is 0.346. The maximum atomic E-state index is 11.6. The number of fused-ring (bicyclic) bond motifs is 1. The van der Waals surface area contributed by atoms with E-state index < -0.39 is 59.2 Å². The van der Waals surface area contributed by atoms with Gasteiger partial charge in [-0.25, -0.2) is 8.98 Å². The number of carbonyl (C=O) groups excluding carboxylic acids is 1. The van der Waals surface area contributed by atoms with Crippen LogP contribution in [0.25, 0.3) is 11.0 Å². The molecule has 1 fully saturated rings. The summed E-state index contributed by atoms with van der Waals surface area (Å²) in [6.45, 7) is 2.08. The summed E-state index contributed by atoms with van der Waals surface area (Å²) in [5, 5.41) is 23.7. The maximum Gasteiger partial charge on any atom is 0.397 e. The predicted molar refractivity (Wildman–Crippen MR) is 104 cm³/mol. The Morgan fingerprint density at radius 1 is 1.23 bits per heavy atom. The lowest BCUT2D eigenvalue weighted by Crippen LogP contribution is -2.65. The molecule has 3 rings (SSSR count). The van der Waals surface area contributed by atoms with Crippen LogP contribution in [-0.4, -0.2) is 66.3 Å². The molecule has 13 heteroatoms. The van der Waals surface area contributed by atoms with Crippen molar-refractivity contribution >= 4 is 27.3 Å². The molecule has 0 unspecified atom stereocenters. The highest BCUT2D eigenvalue weighted by molar-refractivity contribution is 7.80. The molecule has 1 aliphatic rings. The van der Waals surface area contributed by atoms with Gasteiger partial charge in [-0.15, -0.1) is 0 Å². The largest absolute Gasteiger partial charge is 0.462 e. The highest BCUT2D eigenvalue weighted by Gasteiger charge is 2.46. The van der Waals surface area contributed by atoms with E-state index in [0.717, 1.165) is 0 Å². The number of ether oxygens (including phenoxy) is 2. The van der Waals surface area contributed by atoms with E-state index in [-0.39, 0.29) is 11.3 Å². The van der Waals surface area contributed by atoms with E-state index in [9.17, 15) is 28.2 Å². The quantitative estimate of drug-likeness (QED) is 0.315. The Hall–Kier alpha value is -2.55. The fraction of sp³-hybridized carbons (Fsp3) is 0.444. The van der Waals surface area contributed by atoms with E-state index >= 15 is 0 Å². The van der Waals surface area contributed by atoms with E-state index in [1.54, 1.807) is 13.0 Å². The van der Waals surface area contributed by atoms with Crippen molar-refractivity contribution in [3.05, 3.63) is 40.2 Å². The van der Waals surface area contributed by atoms with Crippen LogP contribution in [0.1, 0.15) is 12.5 Å². The predicted octanol–water partition coefficient (Wildman–Crippen LogP) is -0.749. The zero-order chi connectivity index (χ0) is 22.9. The lowest BCUT2D eigenvalue weighted by molar-refractivity contribution is -0.242. The minimum Gasteiger partial charge on any atom is -0.462 e. The summed E-state index contributed by atoms with van der Waals surface area (Å²) in [7, 11) is -4.83. The Morgan fingerprint density at radius 2 is 1.94 bits per heavy atom. The van der Waals surface area contributed by atoms with Crippen molar-refractivity contribution in [2.45, 2.75) is 44.5 Å². The molecule has 1 saturated heterocycles. The van der Waals surface area contributed by atoms with Crippen molar-refractivity contribution in [2.24, 2.45) is 0 Å². The molecule has 12 nitrogen and oxygen atoms in total. The normalized spacial score (nSPS) is 26.5. The second-order valence-corrected chi connectivity index (χ2v) is 8.08. The van der Waals surface area contributed by atoms with Gasteiger partial charge in [-0.2, -0.15) is 8.42 Å². The van der Waals surface area contributed by atoms with Crippen molar-refractivity contribution < 1.29 is 46.1 Å². The van der Waals surface area contributed by atoms with Gasteiger partial charge in [0.25, 0.3) is 0 Å². The molecule has 0 bridgehead atoms. The fourth-order valence-corrected chi connectivity index (χ4v) is 3.53. The summed E-state index contributed by atoms with van der Waals surface area (Å²) in [4.78, 5) is 23.2. The minimum atomic E-state index is -4.83. The van der Waals surface area contributed by atoms with Gasteiger partial charge in [0.1, 0.15) is 35.7 Å². The third-order valence-corrected chi connectivity index (χ3v) is 5.06. The molecular formula is C18H21NO11S. The number of aliphatic hydroxyl groups excluding tert-OH is 2. The molecule has 1 amide bonds. The molecule has 0 spiro atoms. The zero-order valence-corrected chi connectivity index (χ0v) is 17.2. The first kappa shape index (κ1) is 23.1. The monoisotopic (exact) mass is 459 g/mol. The lowest BCUT2D eigenvalue weighted by atomic mass is 9.97. The number of hydrogen-bond donors (Lipinski definition) is 4. The summed E-state index contributed by atoms with van der Waals surface area (Å²) in [5.74, 6) is -0.416. The molecule has 1 aromatic carbocycles. The van der Waals surface area contributed by atoms with Gasteiger partial charge in [-0.1, -0.05) is 0 Å². The first-order valence-electron chi connectivity index (χ1n) is 9.06. The molecule has 0 aliphatic carbocycles. The van der Waals surface area contributed by atoms with Crippen LogP contribution in [0, 0.1) is 6.92 Å². The second kappa shape index (κ2) is 8.90. The van der Waals surface area contributed by atoms with Crippen molar-refractivity contribution in [3.8, 4) is 5.75 Å². The molecule has 2 heterocycles. The van der Waals surface area contributed by atoms with E-state index in [1.165, 1.54) is 25.1 Å². The van der Waals surface area contributed by atoms with E-state index in [1.807, 2.05) is 0 Å². The zero-order valence-electron chi connectivity index (χ0n) is 16.4. The standard InChI is InChI=1S/C18H21NO11S/c1-8-5-14(21)29-12-6-10(3-4-11(8)12)28-18-15(19-9(2)20)17(23)16(22)13(30-18)7-27-31(24,25)26/h3-6,13,15-18,22-23H,7H2,1-2H3,(H,19,20)(H,24,25,26)/t13-,15-,16-,17-,18+/m1/s1. The van der Waals surface area contributed by atoms with Gasteiger partial charge in [0.15, 0.2) is 0 Å². The molecule has 1 aromatic heterocycles. The fourth-order valence-electron chi connectivity index (χ4n) is 3.22. The molecule has 5 atom stereocenters. The summed E-state index contributed by atoms with van der Waals surface area (Å²) in [6, 6.07) is 4.65. The van der Waals surface area contributed by atoms with Crippen molar-refractivity contribution in [2.75, 3.05) is 6.61 Å². The minimum absolute atomic E-state index is 0.139. The van der Waals surface area contributed by atoms with Gasteiger partial charge < -0.3 is 29.4 Å². The molecule has 31 heavy (non-hydrogen) atoms. The topological polar surface area (TPSA) is 182 Å². The van der Waals surface area contributed by atoms with Gasteiger partial charge >= 0.3 is 16.0 Å². The number of carbonyl (C=O) groups is 1. The Balaban J connectivity index is 1.89. The van der Waals surface area contributed by atoms with Crippen LogP contribution in [0.2, 0.25) is 0 Å². The Kier molecular flexibility index (Phi) is 6.64. The number of aryl methyl sites for hydroxylation is 1. The van der Waals surface area contributed by atoms with Crippen molar-refractivity contribution in [1.82, 2.24) is 5.32 Å². The lowest BCUT2D eigenvalue weighted by Gasteiger charge is -2.42. The Morgan fingerprint density at radius 3 is 2.58 bits per heavy atom. The van der Waals surface area contributed by atoms with Gasteiger partial charge in [0.2, 0.25) is 12.2 Å². The smallest absolute Gasteiger partial charge is 0.397 e. The van der Waals surface area contributed by atoms with Gasteiger partial charge in [0.05, 0.1) is 6.61 Å². The van der Waals surface area contributed by atoms with Gasteiger partial charge in [-0.05, 0) is 24.6 Å². The molecular weight excluding hydrogens is 438 g/mol. The average Bonchev–Trinajstić information content (AvgIpc) is 2.65. The molecule has 2 aromatic rings. The Labute approximate surface area is 176 Å². The van der Waals surface area contributed by atoms with Crippen LogP contribution >= 0.6 is 0 Å². The number of nitrogens with one attached hydrogen (secondary N) is 1. The van der Waals surface area contributed by atoms with Crippen LogP contribution in [-0.2, 0) is 24.1 Å². The van der Waals surface area contributed by atoms with Crippen LogP contribution in [0.4, 0.5) is 0 Å².